The molecule has 0 spiro atoms. The van der Waals surface area contributed by atoms with Crippen LogP contribution in [-0.2, 0) is 13.1 Å². The molecule has 2 aromatic rings. The van der Waals surface area contributed by atoms with Crippen LogP contribution in [0.2, 0.25) is 5.02 Å². The van der Waals surface area contributed by atoms with Crippen molar-refractivity contribution in [2.24, 2.45) is 0 Å². The van der Waals surface area contributed by atoms with Gasteiger partial charge in [-0.2, -0.15) is 0 Å². The van der Waals surface area contributed by atoms with Crippen LogP contribution < -0.4 is 5.32 Å². The highest BCUT2D eigenvalue weighted by Crippen LogP contribution is 2.54. The van der Waals surface area contributed by atoms with Gasteiger partial charge in [0.1, 0.15) is 12.4 Å². The average molecular weight is 465 g/mol. The van der Waals surface area contributed by atoms with Gasteiger partial charge in [-0.25, -0.2) is 9.37 Å². The van der Waals surface area contributed by atoms with Crippen molar-refractivity contribution in [2.45, 2.75) is 49.3 Å². The first kappa shape index (κ1) is 22.1. The van der Waals surface area contributed by atoms with Crippen molar-refractivity contribution in [1.29, 1.82) is 0 Å². The number of alkyl halides is 1. The van der Waals surface area contributed by atoms with Gasteiger partial charge in [0.25, 0.3) is 11.8 Å². The number of hydrogen-bond acceptors (Lipinski definition) is 4. The summed E-state index contributed by atoms with van der Waals surface area (Å²) in [4.78, 5) is 31.7. The van der Waals surface area contributed by atoms with Crippen molar-refractivity contribution in [3.63, 3.8) is 0 Å². The molecule has 2 aliphatic rings. The highest BCUT2D eigenvalue weighted by Gasteiger charge is 2.49. The summed E-state index contributed by atoms with van der Waals surface area (Å²) in [7, 11) is 0. The number of carbonyl (C=O) groups is 2. The molecule has 0 saturated heterocycles. The average Bonchev–Trinajstić information content (AvgIpc) is 3.33. The largest absolute Gasteiger partial charge is 0.345 e. The molecule has 1 aliphatic carbocycles. The van der Waals surface area contributed by atoms with Crippen LogP contribution in [0.4, 0.5) is 4.39 Å². The maximum absolute atomic E-state index is 13.3. The Bertz CT molecular complexity index is 988. The second-order valence-corrected chi connectivity index (χ2v) is 11.4. The van der Waals surface area contributed by atoms with Crippen molar-refractivity contribution in [3.05, 3.63) is 52.6 Å². The number of halogens is 2. The Labute approximate surface area is 190 Å². The number of thioether (sulfide) groups is 1. The zero-order valence-electron chi connectivity index (χ0n) is 17.7. The summed E-state index contributed by atoms with van der Waals surface area (Å²) in [5.41, 5.74) is 1.35. The highest BCUT2D eigenvalue weighted by atomic mass is 35.5. The Kier molecular flexibility index (Phi) is 6.05. The van der Waals surface area contributed by atoms with Crippen LogP contribution in [0.1, 0.15) is 53.4 Å². The fraction of sp³-hybridized carbons (Fsp3) is 0.500. The monoisotopic (exact) mass is 464 g/mol. The summed E-state index contributed by atoms with van der Waals surface area (Å²) in [6.07, 6.45) is 3.45. The Morgan fingerprint density at radius 1 is 1.29 bits per heavy atom. The molecule has 9 heteroatoms. The van der Waals surface area contributed by atoms with E-state index in [0.717, 1.165) is 18.4 Å². The summed E-state index contributed by atoms with van der Waals surface area (Å²) < 4.78 is 14.5. The smallest absolute Gasteiger partial charge is 0.287 e. The fourth-order valence-electron chi connectivity index (χ4n) is 3.85. The first-order valence-corrected chi connectivity index (χ1v) is 11.5. The minimum Gasteiger partial charge on any atom is -0.345 e. The van der Waals surface area contributed by atoms with Crippen molar-refractivity contribution in [1.82, 2.24) is 19.8 Å². The molecular formula is C22H26ClFN4O2S. The minimum absolute atomic E-state index is 0.0633. The maximum Gasteiger partial charge on any atom is 0.287 e. The van der Waals surface area contributed by atoms with Crippen molar-refractivity contribution in [2.75, 3.05) is 19.8 Å². The SMILES string of the molecule is CC(C)(CF)SC1(CN2CCn3c(cnc3C(=O)NCc3ccc(Cl)cc3)C2=O)CC1. The molecule has 1 aromatic heterocycles. The summed E-state index contributed by atoms with van der Waals surface area (Å²) in [5, 5.41) is 3.49. The third kappa shape index (κ3) is 4.90. The van der Waals surface area contributed by atoms with Crippen molar-refractivity contribution >= 4 is 35.2 Å². The van der Waals surface area contributed by atoms with E-state index in [2.05, 4.69) is 10.3 Å². The van der Waals surface area contributed by atoms with E-state index in [4.69, 9.17) is 11.6 Å². The van der Waals surface area contributed by atoms with E-state index >= 15 is 0 Å². The topological polar surface area (TPSA) is 67.2 Å². The summed E-state index contributed by atoms with van der Waals surface area (Å²) >= 11 is 7.53. The van der Waals surface area contributed by atoms with E-state index in [0.29, 0.717) is 36.9 Å². The third-order valence-electron chi connectivity index (χ3n) is 5.63. The first-order chi connectivity index (χ1) is 14.7. The van der Waals surface area contributed by atoms with E-state index in [-0.39, 0.29) is 22.4 Å². The fourth-order valence-corrected chi connectivity index (χ4v) is 5.73. The van der Waals surface area contributed by atoms with Gasteiger partial charge in [0.05, 0.1) is 6.20 Å². The zero-order valence-corrected chi connectivity index (χ0v) is 19.2. The minimum atomic E-state index is -0.452. The molecule has 1 saturated carbocycles. The molecule has 2 heterocycles. The predicted octanol–water partition coefficient (Wildman–Crippen LogP) is 3.94. The summed E-state index contributed by atoms with van der Waals surface area (Å²) in [6, 6.07) is 7.24. The number of nitrogens with zero attached hydrogens (tertiary/aromatic N) is 3. The van der Waals surface area contributed by atoms with Gasteiger partial charge >= 0.3 is 0 Å². The number of fused-ring (bicyclic) bond motifs is 1. The van der Waals surface area contributed by atoms with E-state index in [1.54, 1.807) is 28.5 Å². The number of carbonyl (C=O) groups excluding carboxylic acids is 2. The van der Waals surface area contributed by atoms with Gasteiger partial charge in [-0.3, -0.25) is 9.59 Å². The number of nitrogens with one attached hydrogen (secondary N) is 1. The van der Waals surface area contributed by atoms with Gasteiger partial charge < -0.3 is 14.8 Å². The van der Waals surface area contributed by atoms with E-state index in [1.165, 1.54) is 6.20 Å². The second-order valence-electron chi connectivity index (χ2n) is 8.83. The molecule has 0 radical (unpaired) electrons. The molecule has 1 N–H and O–H groups in total. The number of aromatic nitrogens is 2. The lowest BCUT2D eigenvalue weighted by Crippen LogP contribution is -2.45. The lowest BCUT2D eigenvalue weighted by molar-refractivity contribution is 0.0699. The maximum atomic E-state index is 13.3. The Balaban J connectivity index is 1.40. The van der Waals surface area contributed by atoms with E-state index in [1.807, 2.05) is 30.9 Å². The van der Waals surface area contributed by atoms with Crippen LogP contribution in [0.3, 0.4) is 0 Å². The number of hydrogen-bond donors (Lipinski definition) is 1. The van der Waals surface area contributed by atoms with E-state index in [9.17, 15) is 14.0 Å². The van der Waals surface area contributed by atoms with Crippen LogP contribution in [0.15, 0.2) is 30.5 Å². The van der Waals surface area contributed by atoms with Crippen LogP contribution in [0.5, 0.6) is 0 Å². The molecule has 31 heavy (non-hydrogen) atoms. The third-order valence-corrected chi connectivity index (χ3v) is 7.51. The van der Waals surface area contributed by atoms with E-state index < -0.39 is 11.4 Å². The number of imidazole rings is 1. The molecule has 2 amide bonds. The summed E-state index contributed by atoms with van der Waals surface area (Å²) in [5.74, 6) is -0.201. The quantitative estimate of drug-likeness (QED) is 0.642. The standard InChI is InChI=1S/C22H26ClFN4O2S/c1-21(2,13-24)31-22(7-8-22)14-27-9-10-28-17(20(27)30)12-25-18(28)19(29)26-11-15-3-5-16(23)6-4-15/h3-6,12H,7-11,13-14H2,1-2H3,(H,26,29). The molecule has 6 nitrogen and oxygen atoms in total. The number of amides is 2. The second kappa shape index (κ2) is 8.47. The van der Waals surface area contributed by atoms with Gasteiger partial charge in [0, 0.05) is 40.7 Å². The van der Waals surface area contributed by atoms with Crippen LogP contribution >= 0.6 is 23.4 Å². The van der Waals surface area contributed by atoms with Gasteiger partial charge in [-0.15, -0.1) is 11.8 Å². The van der Waals surface area contributed by atoms with Crippen molar-refractivity contribution in [3.8, 4) is 0 Å². The molecule has 166 valence electrons. The molecule has 0 unspecified atom stereocenters. The van der Waals surface area contributed by atoms with Crippen LogP contribution in [-0.4, -0.2) is 55.5 Å². The molecule has 0 atom stereocenters. The predicted molar refractivity (Wildman–Crippen MR) is 120 cm³/mol. The zero-order chi connectivity index (χ0) is 22.2. The number of rotatable bonds is 8. The van der Waals surface area contributed by atoms with Crippen LogP contribution in [0.25, 0.3) is 0 Å². The molecule has 1 aromatic carbocycles. The Morgan fingerprint density at radius 3 is 2.65 bits per heavy atom. The molecule has 0 bridgehead atoms. The normalized spacial score (nSPS) is 17.4. The van der Waals surface area contributed by atoms with Gasteiger partial charge in [0.15, 0.2) is 5.82 Å². The van der Waals surface area contributed by atoms with Crippen LogP contribution in [0, 0.1) is 0 Å². The first-order valence-electron chi connectivity index (χ1n) is 10.4. The lowest BCUT2D eigenvalue weighted by Gasteiger charge is -2.34. The van der Waals surface area contributed by atoms with Gasteiger partial charge in [0.2, 0.25) is 0 Å². The molecule has 1 aliphatic heterocycles. The Morgan fingerprint density at radius 2 is 2.00 bits per heavy atom. The molecular weight excluding hydrogens is 439 g/mol. The van der Waals surface area contributed by atoms with Crippen molar-refractivity contribution < 1.29 is 14.0 Å². The highest BCUT2D eigenvalue weighted by molar-refractivity contribution is 8.02. The van der Waals surface area contributed by atoms with Gasteiger partial charge in [-0.1, -0.05) is 23.7 Å². The lowest BCUT2D eigenvalue weighted by atomic mass is 10.2. The number of benzene rings is 1. The Hall–Kier alpha value is -2.06. The van der Waals surface area contributed by atoms with Gasteiger partial charge in [-0.05, 0) is 44.4 Å². The molecule has 1 fully saturated rings. The molecule has 4 rings (SSSR count). The summed E-state index contributed by atoms with van der Waals surface area (Å²) in [6.45, 7) is 5.38.